The van der Waals surface area contributed by atoms with E-state index < -0.39 is 39.6 Å². The van der Waals surface area contributed by atoms with Crippen LogP contribution in [0.3, 0.4) is 0 Å². The molecule has 39 heavy (non-hydrogen) atoms. The molecule has 1 amide bonds. The maximum absolute atomic E-state index is 13.5. The molecule has 2 saturated heterocycles. The number of nitrogens with zero attached hydrogens (tertiary/aromatic N) is 2. The Bertz CT molecular complexity index is 1300. The van der Waals surface area contributed by atoms with Crippen LogP contribution in [0.1, 0.15) is 57.6 Å². The lowest BCUT2D eigenvalue weighted by Crippen LogP contribution is -2.52. The topological polar surface area (TPSA) is 116 Å². The highest BCUT2D eigenvalue weighted by atomic mass is 32.2. The van der Waals surface area contributed by atoms with Crippen LogP contribution < -0.4 is 10.2 Å². The van der Waals surface area contributed by atoms with Crippen LogP contribution in [-0.4, -0.2) is 67.0 Å². The van der Waals surface area contributed by atoms with Gasteiger partial charge in [0.1, 0.15) is 23.4 Å². The average Bonchev–Trinajstić information content (AvgIpc) is 3.58. The molecule has 0 spiro atoms. The van der Waals surface area contributed by atoms with Gasteiger partial charge < -0.3 is 20.1 Å². The van der Waals surface area contributed by atoms with Crippen LogP contribution in [-0.2, 0) is 30.8 Å². The summed E-state index contributed by atoms with van der Waals surface area (Å²) < 4.78 is 33.5. The number of aryl methyl sites for hydroxylation is 1. The third-order valence-corrected chi connectivity index (χ3v) is 9.05. The van der Waals surface area contributed by atoms with Gasteiger partial charge in [-0.3, -0.25) is 4.79 Å². The molecule has 2 atom stereocenters. The molecule has 212 valence electrons. The lowest BCUT2D eigenvalue weighted by atomic mass is 10.0. The van der Waals surface area contributed by atoms with Crippen LogP contribution in [0.5, 0.6) is 5.75 Å². The number of phenolic OH excluding ortho intramolecular Hbond substituents is 1. The Hall–Kier alpha value is -3.11. The molecule has 2 aromatic carbocycles. The number of benzene rings is 2. The molecule has 0 aliphatic carbocycles. The van der Waals surface area contributed by atoms with E-state index in [-0.39, 0.29) is 23.6 Å². The highest BCUT2D eigenvalue weighted by molar-refractivity contribution is 7.89. The van der Waals surface area contributed by atoms with E-state index in [1.165, 1.54) is 31.0 Å². The Kier molecular flexibility index (Phi) is 8.56. The number of aromatic hydroxyl groups is 1. The van der Waals surface area contributed by atoms with Crippen LogP contribution in [0.4, 0.5) is 5.69 Å². The van der Waals surface area contributed by atoms with Crippen molar-refractivity contribution < 1.29 is 27.9 Å². The van der Waals surface area contributed by atoms with E-state index in [2.05, 4.69) is 10.2 Å². The summed E-state index contributed by atoms with van der Waals surface area (Å²) >= 11 is 0. The molecule has 10 heteroatoms. The second-order valence-corrected chi connectivity index (χ2v) is 13.3. The monoisotopic (exact) mass is 557 g/mol. The van der Waals surface area contributed by atoms with E-state index in [1.54, 1.807) is 27.7 Å². The van der Waals surface area contributed by atoms with Crippen molar-refractivity contribution >= 4 is 27.6 Å². The first-order valence-electron chi connectivity index (χ1n) is 13.5. The second kappa shape index (κ2) is 11.6. The molecule has 9 nitrogen and oxygen atoms in total. The van der Waals surface area contributed by atoms with Gasteiger partial charge in [-0.05, 0) is 82.7 Å². The summed E-state index contributed by atoms with van der Waals surface area (Å²) in [5.41, 5.74) is 1.79. The number of amides is 1. The number of nitrogens with one attached hydrogen (secondary N) is 1. The summed E-state index contributed by atoms with van der Waals surface area (Å²) in [5, 5.41) is 12.9. The van der Waals surface area contributed by atoms with Gasteiger partial charge in [0.25, 0.3) is 0 Å². The number of hydrogen-bond donors (Lipinski definition) is 2. The quantitative estimate of drug-likeness (QED) is 0.477. The molecule has 4 rings (SSSR count). The lowest BCUT2D eigenvalue weighted by molar-refractivity contribution is -0.158. The lowest BCUT2D eigenvalue weighted by Gasteiger charge is -2.28. The van der Waals surface area contributed by atoms with Gasteiger partial charge in [0.15, 0.2) is 0 Å². The van der Waals surface area contributed by atoms with Crippen LogP contribution in [0, 0.1) is 6.92 Å². The van der Waals surface area contributed by atoms with Crippen molar-refractivity contribution in [2.24, 2.45) is 0 Å². The molecule has 0 aromatic heterocycles. The van der Waals surface area contributed by atoms with Crippen molar-refractivity contribution in [3.05, 3.63) is 53.6 Å². The fourth-order valence-electron chi connectivity index (χ4n) is 5.06. The number of phenols is 1. The fraction of sp³-hybridized carbons (Fsp3) is 0.517. The minimum atomic E-state index is -4.04. The van der Waals surface area contributed by atoms with Crippen LogP contribution in [0.25, 0.3) is 0 Å². The van der Waals surface area contributed by atoms with Crippen LogP contribution >= 0.6 is 0 Å². The molecule has 0 bridgehead atoms. The van der Waals surface area contributed by atoms with Gasteiger partial charge in [0.05, 0.1) is 4.90 Å². The third kappa shape index (κ3) is 6.91. The van der Waals surface area contributed by atoms with Crippen molar-refractivity contribution in [1.82, 2.24) is 9.62 Å². The molecule has 0 unspecified atom stereocenters. The van der Waals surface area contributed by atoms with Crippen molar-refractivity contribution in [3.8, 4) is 5.75 Å². The summed E-state index contributed by atoms with van der Waals surface area (Å²) in [5.74, 6) is -1.25. The van der Waals surface area contributed by atoms with E-state index in [1.807, 2.05) is 24.3 Å². The zero-order chi connectivity index (χ0) is 28.4. The summed E-state index contributed by atoms with van der Waals surface area (Å²) in [7, 11) is -4.04. The van der Waals surface area contributed by atoms with Crippen molar-refractivity contribution in [2.75, 3.05) is 24.5 Å². The first-order valence-corrected chi connectivity index (χ1v) is 15.0. The van der Waals surface area contributed by atoms with Gasteiger partial charge in [-0.25, -0.2) is 13.2 Å². The Morgan fingerprint density at radius 3 is 2.33 bits per heavy atom. The standard InChI is InChI=1S/C29H39N3O6S/c1-20-9-14-23(19-26(20)33)39(36,37)32-17-7-8-25(32)27(34)30-24(28(35)38-29(2,3)4)18-21-10-12-22(13-11-21)31-15-5-6-16-31/h9-14,19,24-25,33H,5-8,15-18H2,1-4H3,(H,30,34)/t24-,25-/m0/s1. The molecule has 2 aliphatic rings. The van der Waals surface area contributed by atoms with Crippen molar-refractivity contribution in [3.63, 3.8) is 0 Å². The zero-order valence-electron chi connectivity index (χ0n) is 23.1. The maximum atomic E-state index is 13.5. The van der Waals surface area contributed by atoms with Crippen LogP contribution in [0.2, 0.25) is 0 Å². The van der Waals surface area contributed by atoms with E-state index >= 15 is 0 Å². The molecular formula is C29H39N3O6S. The summed E-state index contributed by atoms with van der Waals surface area (Å²) in [6.07, 6.45) is 3.39. The molecule has 2 aromatic rings. The van der Waals surface area contributed by atoms with Gasteiger partial charge in [-0.1, -0.05) is 18.2 Å². The first kappa shape index (κ1) is 28.9. The van der Waals surface area contributed by atoms with Crippen molar-refractivity contribution in [2.45, 2.75) is 82.4 Å². The van der Waals surface area contributed by atoms with Gasteiger partial charge in [-0.2, -0.15) is 4.31 Å². The molecule has 0 radical (unpaired) electrons. The summed E-state index contributed by atoms with van der Waals surface area (Å²) in [6.45, 7) is 9.18. The number of rotatable bonds is 8. The van der Waals surface area contributed by atoms with Gasteiger partial charge in [0.2, 0.25) is 15.9 Å². The number of anilines is 1. The van der Waals surface area contributed by atoms with E-state index in [9.17, 15) is 23.1 Å². The van der Waals surface area contributed by atoms with E-state index in [4.69, 9.17) is 4.74 Å². The summed E-state index contributed by atoms with van der Waals surface area (Å²) in [6, 6.07) is 10.2. The van der Waals surface area contributed by atoms with E-state index in [0.29, 0.717) is 18.4 Å². The average molecular weight is 558 g/mol. The number of hydrogen-bond acceptors (Lipinski definition) is 7. The Labute approximate surface area is 231 Å². The molecule has 2 aliphatic heterocycles. The van der Waals surface area contributed by atoms with Crippen molar-refractivity contribution in [1.29, 1.82) is 0 Å². The Balaban J connectivity index is 1.52. The SMILES string of the molecule is Cc1ccc(S(=O)(=O)N2CCC[C@H]2C(=O)N[C@@H](Cc2ccc(N3CCCC3)cc2)C(=O)OC(C)(C)C)cc1O. The van der Waals surface area contributed by atoms with Gasteiger partial charge in [-0.15, -0.1) is 0 Å². The number of carbonyl (C=O) groups excluding carboxylic acids is 2. The number of sulfonamides is 1. The highest BCUT2D eigenvalue weighted by Crippen LogP contribution is 2.29. The second-order valence-electron chi connectivity index (χ2n) is 11.4. The predicted molar refractivity (Wildman–Crippen MR) is 149 cm³/mol. The zero-order valence-corrected chi connectivity index (χ0v) is 24.0. The maximum Gasteiger partial charge on any atom is 0.329 e. The molecule has 0 saturated carbocycles. The summed E-state index contributed by atoms with van der Waals surface area (Å²) in [4.78, 5) is 28.9. The molecular weight excluding hydrogens is 518 g/mol. The van der Waals surface area contributed by atoms with Gasteiger partial charge >= 0.3 is 5.97 Å². The largest absolute Gasteiger partial charge is 0.508 e. The third-order valence-electron chi connectivity index (χ3n) is 7.15. The Morgan fingerprint density at radius 2 is 1.72 bits per heavy atom. The van der Waals surface area contributed by atoms with E-state index in [0.717, 1.165) is 28.6 Å². The highest BCUT2D eigenvalue weighted by Gasteiger charge is 2.41. The fourth-order valence-corrected chi connectivity index (χ4v) is 6.74. The first-order chi connectivity index (χ1) is 18.3. The Morgan fingerprint density at radius 1 is 1.05 bits per heavy atom. The number of esters is 1. The number of carbonyl (C=O) groups is 2. The normalized spacial score (nSPS) is 19.2. The molecule has 2 fully saturated rings. The van der Waals surface area contributed by atoms with Crippen LogP contribution in [0.15, 0.2) is 47.4 Å². The van der Waals surface area contributed by atoms with Gasteiger partial charge in [0, 0.05) is 37.8 Å². The predicted octanol–water partition coefficient (Wildman–Crippen LogP) is 3.52. The smallest absolute Gasteiger partial charge is 0.329 e. The minimum Gasteiger partial charge on any atom is -0.508 e. The minimum absolute atomic E-state index is 0.0768. The molecule has 2 heterocycles. The molecule has 2 N–H and O–H groups in total. The number of ether oxygens (including phenoxy) is 1.